The summed E-state index contributed by atoms with van der Waals surface area (Å²) in [5.41, 5.74) is 6.45. The molecule has 0 aliphatic rings. The van der Waals surface area contributed by atoms with E-state index in [9.17, 15) is 9.18 Å². The first-order chi connectivity index (χ1) is 10.5. The van der Waals surface area contributed by atoms with E-state index in [0.717, 1.165) is 6.42 Å². The van der Waals surface area contributed by atoms with Crippen molar-refractivity contribution >= 4 is 17.3 Å². The summed E-state index contributed by atoms with van der Waals surface area (Å²) in [5.74, 6) is -0.236. The molecule has 2 aromatic carbocycles. The molecule has 0 aliphatic heterocycles. The topological polar surface area (TPSA) is 64.3 Å². The van der Waals surface area contributed by atoms with Crippen molar-refractivity contribution in [3.05, 3.63) is 53.8 Å². The molecule has 0 saturated carbocycles. The molecule has 5 heteroatoms. The average molecular weight is 302 g/mol. The molecule has 0 radical (unpaired) electrons. The number of rotatable bonds is 5. The number of carbonyl (C=O) groups is 1. The third-order valence-electron chi connectivity index (χ3n) is 3.27. The third kappa shape index (κ3) is 3.97. The van der Waals surface area contributed by atoms with Crippen molar-refractivity contribution in [3.8, 4) is 5.75 Å². The van der Waals surface area contributed by atoms with Crippen LogP contribution in [0.5, 0.6) is 5.75 Å². The van der Waals surface area contributed by atoms with Gasteiger partial charge in [0.15, 0.2) is 0 Å². The van der Waals surface area contributed by atoms with Crippen LogP contribution < -0.4 is 15.8 Å². The van der Waals surface area contributed by atoms with Crippen molar-refractivity contribution in [3.63, 3.8) is 0 Å². The van der Waals surface area contributed by atoms with Crippen molar-refractivity contribution in [1.82, 2.24) is 0 Å². The third-order valence-corrected chi connectivity index (χ3v) is 3.27. The molecule has 2 aromatic rings. The lowest BCUT2D eigenvalue weighted by Gasteiger charge is -2.13. The molecule has 116 valence electrons. The number of anilines is 2. The van der Waals surface area contributed by atoms with Crippen LogP contribution in [0.1, 0.15) is 30.6 Å². The molecule has 0 spiro atoms. The molecular formula is C17H19FN2O2. The van der Waals surface area contributed by atoms with Crippen LogP contribution >= 0.6 is 0 Å². The van der Waals surface area contributed by atoms with Crippen molar-refractivity contribution in [2.24, 2.45) is 0 Å². The molecule has 0 heterocycles. The Bertz CT molecular complexity index is 656. The molecule has 1 amide bonds. The summed E-state index contributed by atoms with van der Waals surface area (Å²) in [7, 11) is 0. The first-order valence-corrected chi connectivity index (χ1v) is 7.12. The number of halogens is 1. The van der Waals surface area contributed by atoms with E-state index in [1.54, 1.807) is 24.3 Å². The molecule has 0 aliphatic carbocycles. The minimum atomic E-state index is -0.528. The first-order valence-electron chi connectivity index (χ1n) is 7.12. The van der Waals surface area contributed by atoms with Gasteiger partial charge in [0.1, 0.15) is 11.6 Å². The fourth-order valence-corrected chi connectivity index (χ4v) is 1.83. The number of hydrogen-bond donors (Lipinski definition) is 2. The van der Waals surface area contributed by atoms with Gasteiger partial charge in [0.05, 0.1) is 11.8 Å². The largest absolute Gasteiger partial charge is 0.491 e. The number of benzene rings is 2. The molecule has 4 nitrogen and oxygen atoms in total. The fraction of sp³-hybridized carbons (Fsp3) is 0.235. The fourth-order valence-electron chi connectivity index (χ4n) is 1.83. The van der Waals surface area contributed by atoms with Crippen molar-refractivity contribution in [2.75, 3.05) is 11.1 Å². The van der Waals surface area contributed by atoms with Gasteiger partial charge < -0.3 is 15.8 Å². The Balaban J connectivity index is 2.08. The lowest BCUT2D eigenvalue weighted by atomic mass is 10.2. The standard InChI is InChI=1S/C17H19FN2O2/c1-3-11(2)22-14-7-4-12(5-8-14)17(21)20-16-10-13(19)6-9-15(16)18/h4-11H,3,19H2,1-2H3,(H,20,21)/t11-/m0/s1. The second kappa shape index (κ2) is 6.93. The summed E-state index contributed by atoms with van der Waals surface area (Å²) in [5, 5.41) is 2.50. The number of nitrogens with one attached hydrogen (secondary N) is 1. The van der Waals surface area contributed by atoms with Gasteiger partial charge in [-0.1, -0.05) is 6.92 Å². The van der Waals surface area contributed by atoms with E-state index >= 15 is 0 Å². The van der Waals surface area contributed by atoms with Crippen LogP contribution in [-0.2, 0) is 0 Å². The predicted molar refractivity (Wildman–Crippen MR) is 85.6 cm³/mol. The van der Waals surface area contributed by atoms with Gasteiger partial charge in [-0.3, -0.25) is 4.79 Å². The van der Waals surface area contributed by atoms with Crippen molar-refractivity contribution in [1.29, 1.82) is 0 Å². The summed E-state index contributed by atoms with van der Waals surface area (Å²) in [6.07, 6.45) is 1.01. The number of carbonyl (C=O) groups excluding carboxylic acids is 1. The van der Waals surface area contributed by atoms with Gasteiger partial charge in [0.2, 0.25) is 0 Å². The van der Waals surface area contributed by atoms with Crippen molar-refractivity contribution < 1.29 is 13.9 Å². The van der Waals surface area contributed by atoms with E-state index in [-0.39, 0.29) is 11.8 Å². The van der Waals surface area contributed by atoms with Crippen LogP contribution in [0.4, 0.5) is 15.8 Å². The Morgan fingerprint density at radius 1 is 1.27 bits per heavy atom. The summed E-state index contributed by atoms with van der Waals surface area (Å²) >= 11 is 0. The Hall–Kier alpha value is -2.56. The maximum Gasteiger partial charge on any atom is 0.255 e. The quantitative estimate of drug-likeness (QED) is 0.825. The SMILES string of the molecule is CC[C@H](C)Oc1ccc(C(=O)Nc2cc(N)ccc2F)cc1. The molecule has 1 atom stereocenters. The van der Waals surface area contributed by atoms with Gasteiger partial charge >= 0.3 is 0 Å². The van der Waals surface area contributed by atoms with Crippen LogP contribution in [0, 0.1) is 5.82 Å². The molecule has 0 bridgehead atoms. The highest BCUT2D eigenvalue weighted by Gasteiger charge is 2.10. The Kier molecular flexibility index (Phi) is 4.99. The highest BCUT2D eigenvalue weighted by molar-refractivity contribution is 6.04. The number of nitrogens with two attached hydrogens (primary N) is 1. The Labute approximate surface area is 129 Å². The summed E-state index contributed by atoms with van der Waals surface area (Å²) < 4.78 is 19.2. The molecule has 0 unspecified atom stereocenters. The van der Waals surface area contributed by atoms with Gasteiger partial charge in [-0.25, -0.2) is 4.39 Å². The minimum Gasteiger partial charge on any atom is -0.491 e. The van der Waals surface area contributed by atoms with E-state index in [2.05, 4.69) is 5.32 Å². The van der Waals surface area contributed by atoms with Crippen LogP contribution in [0.25, 0.3) is 0 Å². The number of amides is 1. The average Bonchev–Trinajstić information content (AvgIpc) is 2.51. The van der Waals surface area contributed by atoms with Gasteiger partial charge in [-0.2, -0.15) is 0 Å². The van der Waals surface area contributed by atoms with E-state index in [4.69, 9.17) is 10.5 Å². The van der Waals surface area contributed by atoms with Crippen molar-refractivity contribution in [2.45, 2.75) is 26.4 Å². The Morgan fingerprint density at radius 2 is 1.95 bits per heavy atom. The monoisotopic (exact) mass is 302 g/mol. The maximum atomic E-state index is 13.6. The number of ether oxygens (including phenoxy) is 1. The zero-order valence-electron chi connectivity index (χ0n) is 12.6. The molecule has 0 aromatic heterocycles. The normalized spacial score (nSPS) is 11.8. The van der Waals surface area contributed by atoms with E-state index in [1.165, 1.54) is 18.2 Å². The lowest BCUT2D eigenvalue weighted by molar-refractivity contribution is 0.102. The summed E-state index contributed by atoms with van der Waals surface area (Å²) in [4.78, 5) is 12.1. The summed E-state index contributed by atoms with van der Waals surface area (Å²) in [6.45, 7) is 4.01. The second-order valence-electron chi connectivity index (χ2n) is 5.05. The zero-order chi connectivity index (χ0) is 16.1. The molecule has 22 heavy (non-hydrogen) atoms. The van der Waals surface area contributed by atoms with E-state index in [0.29, 0.717) is 17.0 Å². The van der Waals surface area contributed by atoms with Crippen LogP contribution in [0.2, 0.25) is 0 Å². The van der Waals surface area contributed by atoms with E-state index in [1.807, 2.05) is 13.8 Å². The lowest BCUT2D eigenvalue weighted by Crippen LogP contribution is -2.13. The molecule has 0 saturated heterocycles. The highest BCUT2D eigenvalue weighted by Crippen LogP contribution is 2.19. The number of hydrogen-bond acceptors (Lipinski definition) is 3. The van der Waals surface area contributed by atoms with Crippen LogP contribution in [0.15, 0.2) is 42.5 Å². The van der Waals surface area contributed by atoms with Gasteiger partial charge in [-0.05, 0) is 55.8 Å². The van der Waals surface area contributed by atoms with Crippen LogP contribution in [-0.4, -0.2) is 12.0 Å². The van der Waals surface area contributed by atoms with Gasteiger partial charge in [-0.15, -0.1) is 0 Å². The predicted octanol–water partition coefficient (Wildman–Crippen LogP) is 3.84. The molecule has 2 rings (SSSR count). The van der Waals surface area contributed by atoms with Gasteiger partial charge in [0.25, 0.3) is 5.91 Å². The Morgan fingerprint density at radius 3 is 2.59 bits per heavy atom. The minimum absolute atomic E-state index is 0.0601. The zero-order valence-corrected chi connectivity index (χ0v) is 12.6. The molecule has 0 fully saturated rings. The smallest absolute Gasteiger partial charge is 0.255 e. The second-order valence-corrected chi connectivity index (χ2v) is 5.05. The maximum absolute atomic E-state index is 13.6. The molecular weight excluding hydrogens is 283 g/mol. The van der Waals surface area contributed by atoms with Gasteiger partial charge in [0, 0.05) is 11.3 Å². The number of nitrogen functional groups attached to an aromatic ring is 1. The van der Waals surface area contributed by atoms with Crippen LogP contribution in [0.3, 0.4) is 0 Å². The molecule has 3 N–H and O–H groups in total. The summed E-state index contributed by atoms with van der Waals surface area (Å²) in [6, 6.07) is 10.7. The highest BCUT2D eigenvalue weighted by atomic mass is 19.1. The van der Waals surface area contributed by atoms with E-state index < -0.39 is 11.7 Å². The first kappa shape index (κ1) is 15.8.